The van der Waals surface area contributed by atoms with Gasteiger partial charge in [-0.05, 0) is 63.6 Å². The zero-order valence-electron chi connectivity index (χ0n) is 40.7. The van der Waals surface area contributed by atoms with Crippen LogP contribution in [0, 0.1) is 0 Å². The molecule has 0 aliphatic carbocycles. The quantitative estimate of drug-likeness (QED) is 0.0690. The number of ketones is 2. The highest BCUT2D eigenvalue weighted by Crippen LogP contribution is 2.32. The molecule has 2 aromatic heterocycles. The normalized spacial score (nSPS) is 14.7. The molecule has 3 atom stereocenters. The van der Waals surface area contributed by atoms with E-state index in [-0.39, 0.29) is 30.8 Å². The standard InChI is InChI=1S/C30H38N6O4.C16H21N3O.C4F6O2/c1-29(2,31)27(38)33-24(20-40-19-22-12-6-4-7-13-22)26(37)34-25-18-36(21-32-25)30(3,23-14-8-5-9-15-23)28(39)35-16-10-11-17-35;1-4-11-18(3)15(20)16(2,19-12-10-17-13-19)14-8-6-5-7-9-14;5-3(6,7)1(11)2(12)4(8,9)10/h4-9,12-15,18,21,24H,10-11,16-17,19-20,31H2,1-3H3,(H,33,38)(H,34,37);5-10,12-13H,4,11H2,1-3H3;/t24-,30?;;/m1../s1. The van der Waals surface area contributed by atoms with Crippen molar-refractivity contribution in [1.29, 1.82) is 0 Å². The second kappa shape index (κ2) is 24.8. The summed E-state index contributed by atoms with van der Waals surface area (Å²) in [6, 6.07) is 27.9. The van der Waals surface area contributed by atoms with Crippen LogP contribution in [0.3, 0.4) is 0 Å². The maximum absolute atomic E-state index is 13.8. The van der Waals surface area contributed by atoms with Gasteiger partial charge in [0.1, 0.15) is 17.1 Å². The van der Waals surface area contributed by atoms with E-state index in [1.54, 1.807) is 48.4 Å². The molecule has 4 N–H and O–H groups in total. The van der Waals surface area contributed by atoms with Gasteiger partial charge in [-0.25, -0.2) is 9.97 Å². The van der Waals surface area contributed by atoms with Crippen molar-refractivity contribution in [2.45, 2.75) is 95.5 Å². The van der Waals surface area contributed by atoms with Crippen LogP contribution in [0.2, 0.25) is 0 Å². The van der Waals surface area contributed by atoms with Gasteiger partial charge in [-0.1, -0.05) is 97.9 Å². The van der Waals surface area contributed by atoms with E-state index in [1.165, 1.54) is 0 Å². The molecule has 72 heavy (non-hydrogen) atoms. The molecule has 1 fully saturated rings. The lowest BCUT2D eigenvalue weighted by Crippen LogP contribution is -2.56. The van der Waals surface area contributed by atoms with Crippen LogP contribution in [-0.2, 0) is 51.2 Å². The smallest absolute Gasteiger partial charge is 0.374 e. The fourth-order valence-electron chi connectivity index (χ4n) is 7.35. The SMILES string of the molecule is CC(C)(N)C(=O)N[C@H](COCc1ccccc1)C(=O)Nc1cn(C(C)(C(=O)N2CCCC2)c2ccccc2)cn1.CCCN(C)C(=O)C(C)(c1ccccc1)n1ccnc1.O=C(C(=O)C(F)(F)F)C(F)(F)F. The van der Waals surface area contributed by atoms with Gasteiger partial charge in [-0.3, -0.25) is 28.8 Å². The van der Waals surface area contributed by atoms with Gasteiger partial charge in [-0.2, -0.15) is 26.3 Å². The number of hydrogen-bond donors (Lipinski definition) is 3. The molecule has 3 heterocycles. The highest BCUT2D eigenvalue weighted by molar-refractivity contribution is 6.41. The maximum atomic E-state index is 13.8. The predicted octanol–water partition coefficient (Wildman–Crippen LogP) is 6.41. The highest BCUT2D eigenvalue weighted by atomic mass is 19.4. The Labute approximate surface area is 412 Å². The summed E-state index contributed by atoms with van der Waals surface area (Å²) in [5.41, 5.74) is 5.66. The molecule has 4 amide bonds. The van der Waals surface area contributed by atoms with Crippen molar-refractivity contribution in [3.05, 3.63) is 139 Å². The molecule has 22 heteroatoms. The number of amides is 4. The van der Waals surface area contributed by atoms with Gasteiger partial charge in [-0.15, -0.1) is 0 Å². The first-order valence-electron chi connectivity index (χ1n) is 22.7. The largest absolute Gasteiger partial charge is 0.458 e. The van der Waals surface area contributed by atoms with Crippen LogP contribution in [0.15, 0.2) is 122 Å². The van der Waals surface area contributed by atoms with E-state index in [9.17, 15) is 55.1 Å². The minimum absolute atomic E-state index is 0.0314. The number of benzene rings is 3. The topological polar surface area (TPSA) is 204 Å². The van der Waals surface area contributed by atoms with Crippen molar-refractivity contribution in [3.63, 3.8) is 0 Å². The Bertz CT molecular complexity index is 2540. The molecule has 1 saturated heterocycles. The number of halogens is 6. The zero-order valence-corrected chi connectivity index (χ0v) is 40.7. The summed E-state index contributed by atoms with van der Waals surface area (Å²) in [5, 5.41) is 5.45. The average molecular weight is 1010 g/mol. The maximum Gasteiger partial charge on any atom is 0.458 e. The zero-order chi connectivity index (χ0) is 53.5. The van der Waals surface area contributed by atoms with Crippen LogP contribution in [0.5, 0.6) is 0 Å². The number of alkyl halides is 6. The molecule has 0 radical (unpaired) electrons. The number of likely N-dealkylation sites (N-methyl/N-ethyl adjacent to an activating group) is 1. The van der Waals surface area contributed by atoms with E-state index in [0.717, 1.165) is 42.5 Å². The van der Waals surface area contributed by atoms with Crippen LogP contribution in [0.4, 0.5) is 32.2 Å². The van der Waals surface area contributed by atoms with Gasteiger partial charge in [0.05, 0.1) is 31.4 Å². The van der Waals surface area contributed by atoms with Crippen LogP contribution in [0.25, 0.3) is 0 Å². The van der Waals surface area contributed by atoms with E-state index >= 15 is 0 Å². The van der Waals surface area contributed by atoms with E-state index in [1.807, 2.05) is 128 Å². The number of Topliss-reactive ketones (excluding diaryl/α,β-unsaturated/α-hetero) is 2. The third-order valence-electron chi connectivity index (χ3n) is 11.5. The van der Waals surface area contributed by atoms with Crippen molar-refractivity contribution in [2.75, 3.05) is 38.6 Å². The van der Waals surface area contributed by atoms with Gasteiger partial charge in [0.25, 0.3) is 17.7 Å². The summed E-state index contributed by atoms with van der Waals surface area (Å²) in [5.74, 6) is -7.53. The number of carbonyl (C=O) groups is 6. The molecule has 0 bridgehead atoms. The van der Waals surface area contributed by atoms with Crippen molar-refractivity contribution in [2.24, 2.45) is 5.73 Å². The monoisotopic (exact) mass is 1010 g/mol. The average Bonchev–Trinajstić information content (AvgIpc) is 4.18. The second-order valence-corrected chi connectivity index (χ2v) is 17.6. The number of nitrogens with one attached hydrogen (secondary N) is 2. The number of carbonyl (C=O) groups excluding carboxylic acids is 6. The van der Waals surface area contributed by atoms with Crippen LogP contribution >= 0.6 is 0 Å². The van der Waals surface area contributed by atoms with Gasteiger partial charge >= 0.3 is 23.9 Å². The third kappa shape index (κ3) is 14.9. The van der Waals surface area contributed by atoms with Crippen molar-refractivity contribution < 1.29 is 59.8 Å². The summed E-state index contributed by atoms with van der Waals surface area (Å²) in [7, 11) is 1.85. The Morgan fingerprint density at radius 1 is 0.750 bits per heavy atom. The number of anilines is 1. The molecule has 6 rings (SSSR count). The Morgan fingerprint density at radius 3 is 1.74 bits per heavy atom. The highest BCUT2D eigenvalue weighted by Gasteiger charge is 2.54. The fourth-order valence-corrected chi connectivity index (χ4v) is 7.35. The lowest BCUT2D eigenvalue weighted by Gasteiger charge is -2.34. The van der Waals surface area contributed by atoms with Crippen molar-refractivity contribution in [1.82, 2.24) is 34.2 Å². The number of nitrogens with two attached hydrogens (primary N) is 1. The summed E-state index contributed by atoms with van der Waals surface area (Å²) in [6.45, 7) is 11.4. The van der Waals surface area contributed by atoms with Gasteiger partial charge < -0.3 is 40.0 Å². The molecule has 1 aliphatic heterocycles. The Hall–Kier alpha value is -7.20. The van der Waals surface area contributed by atoms with E-state index in [0.29, 0.717) is 13.1 Å². The Balaban J connectivity index is 0.000000290. The first-order valence-corrected chi connectivity index (χ1v) is 22.7. The summed E-state index contributed by atoms with van der Waals surface area (Å²) in [4.78, 5) is 84.0. The number of rotatable bonds is 17. The molecule has 388 valence electrons. The summed E-state index contributed by atoms with van der Waals surface area (Å²) >= 11 is 0. The molecule has 0 spiro atoms. The second-order valence-electron chi connectivity index (χ2n) is 17.6. The number of imidazole rings is 2. The van der Waals surface area contributed by atoms with Crippen LogP contribution < -0.4 is 16.4 Å². The molecule has 5 aromatic rings. The Kier molecular flexibility index (Phi) is 19.7. The summed E-state index contributed by atoms with van der Waals surface area (Å²) in [6.07, 6.45) is -0.240. The lowest BCUT2D eigenvalue weighted by atomic mass is 9.90. The van der Waals surface area contributed by atoms with Crippen molar-refractivity contribution >= 4 is 41.0 Å². The third-order valence-corrected chi connectivity index (χ3v) is 11.5. The minimum atomic E-state index is -5.77. The molecular formula is C50H59F6N9O7. The van der Waals surface area contributed by atoms with Gasteiger partial charge in [0, 0.05) is 45.3 Å². The van der Waals surface area contributed by atoms with Crippen molar-refractivity contribution in [3.8, 4) is 0 Å². The number of ether oxygens (including phenoxy) is 1. The molecule has 0 saturated carbocycles. The number of nitrogens with zero attached hydrogens (tertiary/aromatic N) is 6. The van der Waals surface area contributed by atoms with E-state index < -0.39 is 58.4 Å². The van der Waals surface area contributed by atoms with Crippen LogP contribution in [-0.4, -0.2) is 121 Å². The van der Waals surface area contributed by atoms with Crippen LogP contribution in [0.1, 0.15) is 70.6 Å². The first-order chi connectivity index (χ1) is 33.8. The minimum Gasteiger partial charge on any atom is -0.374 e. The first kappa shape index (κ1) is 57.4. The summed E-state index contributed by atoms with van der Waals surface area (Å²) < 4.78 is 76.3. The van der Waals surface area contributed by atoms with E-state index in [4.69, 9.17) is 10.5 Å². The van der Waals surface area contributed by atoms with E-state index in [2.05, 4.69) is 27.5 Å². The molecule has 2 unspecified atom stereocenters. The molecule has 3 aromatic carbocycles. The molecule has 16 nitrogen and oxygen atoms in total. The molecule has 1 aliphatic rings. The predicted molar refractivity (Wildman–Crippen MR) is 254 cm³/mol. The van der Waals surface area contributed by atoms with Gasteiger partial charge in [0.2, 0.25) is 5.91 Å². The van der Waals surface area contributed by atoms with Gasteiger partial charge in [0.15, 0.2) is 5.82 Å². The number of aromatic nitrogens is 4. The molecular weight excluding hydrogens is 953 g/mol. The number of hydrogen-bond acceptors (Lipinski definition) is 10. The Morgan fingerprint density at radius 2 is 1.26 bits per heavy atom. The lowest BCUT2D eigenvalue weighted by molar-refractivity contribution is -0.193. The number of likely N-dealkylation sites (tertiary alicyclic amines) is 1. The fraction of sp³-hybridized carbons (Fsp3) is 0.400.